The molecule has 16 heavy (non-hydrogen) atoms. The number of nitrogens with zero attached hydrogens (tertiary/aromatic N) is 2. The van der Waals surface area contributed by atoms with Crippen molar-refractivity contribution < 1.29 is 14.9 Å². The number of anilines is 1. The first-order valence-corrected chi connectivity index (χ1v) is 4.85. The predicted octanol–water partition coefficient (Wildman–Crippen LogP) is 1.49. The van der Waals surface area contributed by atoms with Crippen molar-refractivity contribution >= 4 is 38.9 Å². The monoisotopic (exact) mass is 285 g/mol. The normalized spacial score (nSPS) is 16.1. The van der Waals surface area contributed by atoms with Gasteiger partial charge in [-0.1, -0.05) is 21.1 Å². The van der Waals surface area contributed by atoms with Crippen molar-refractivity contribution in [1.29, 1.82) is 0 Å². The molecule has 0 spiro atoms. The van der Waals surface area contributed by atoms with Crippen LogP contribution in [0, 0.1) is 10.1 Å². The zero-order valence-corrected chi connectivity index (χ0v) is 9.19. The maximum atomic E-state index is 11.3. The largest absolute Gasteiger partial charge is 0.410 e. The van der Waals surface area contributed by atoms with Gasteiger partial charge in [-0.3, -0.25) is 14.9 Å². The molecule has 0 unspecified atom stereocenters. The van der Waals surface area contributed by atoms with E-state index in [-0.39, 0.29) is 22.6 Å². The fraction of sp³-hybridized carbons (Fsp3) is 0. The van der Waals surface area contributed by atoms with E-state index < -0.39 is 10.8 Å². The van der Waals surface area contributed by atoms with Crippen LogP contribution in [0.3, 0.4) is 0 Å². The Hall–Kier alpha value is -1.96. The van der Waals surface area contributed by atoms with Crippen LogP contribution in [-0.2, 0) is 4.79 Å². The third-order valence-electron chi connectivity index (χ3n) is 2.09. The Kier molecular flexibility index (Phi) is 2.35. The van der Waals surface area contributed by atoms with Crippen LogP contribution in [-0.4, -0.2) is 21.7 Å². The van der Waals surface area contributed by atoms with Gasteiger partial charge >= 0.3 is 0 Å². The van der Waals surface area contributed by atoms with Gasteiger partial charge < -0.3 is 10.5 Å². The van der Waals surface area contributed by atoms with Crippen LogP contribution in [0.15, 0.2) is 21.8 Å². The molecule has 1 amide bonds. The molecule has 0 aliphatic carbocycles. The molecule has 0 saturated carbocycles. The minimum Gasteiger partial charge on any atom is -0.410 e. The molecule has 1 aromatic rings. The lowest BCUT2D eigenvalue weighted by molar-refractivity contribution is -0.384. The molecule has 0 aromatic heterocycles. The Balaban J connectivity index is 2.74. The Morgan fingerprint density at radius 2 is 2.19 bits per heavy atom. The molecule has 0 radical (unpaired) electrons. The van der Waals surface area contributed by atoms with Gasteiger partial charge in [0.05, 0.1) is 4.92 Å². The second-order valence-corrected chi connectivity index (χ2v) is 3.92. The number of rotatable bonds is 1. The summed E-state index contributed by atoms with van der Waals surface area (Å²) in [5.74, 6) is -0.668. The summed E-state index contributed by atoms with van der Waals surface area (Å²) in [5.41, 5.74) is -0.240. The number of fused-ring (bicyclic) bond motifs is 1. The number of carbonyl (C=O) groups is 1. The summed E-state index contributed by atoms with van der Waals surface area (Å²) in [7, 11) is 0. The number of nitrogens with one attached hydrogen (secondary N) is 1. The van der Waals surface area contributed by atoms with Gasteiger partial charge in [-0.25, -0.2) is 0 Å². The Labute approximate surface area is 97.0 Å². The lowest BCUT2D eigenvalue weighted by atomic mass is 10.1. The SMILES string of the molecule is O=C1Nc2c(cc(Br)cc2[N+](=O)[O-])/C1=N/O. The van der Waals surface area contributed by atoms with Crippen LogP contribution in [0.5, 0.6) is 0 Å². The molecular formula is C8H4BrN3O4. The number of amides is 1. The van der Waals surface area contributed by atoms with Gasteiger partial charge in [0.15, 0.2) is 5.71 Å². The molecule has 1 aromatic carbocycles. The van der Waals surface area contributed by atoms with Crippen LogP contribution in [0.1, 0.15) is 5.56 Å². The first kappa shape index (κ1) is 10.6. The van der Waals surface area contributed by atoms with Crippen molar-refractivity contribution in [3.8, 4) is 0 Å². The molecule has 7 nitrogen and oxygen atoms in total. The summed E-state index contributed by atoms with van der Waals surface area (Å²) in [6.07, 6.45) is 0. The first-order valence-electron chi connectivity index (χ1n) is 4.06. The highest BCUT2D eigenvalue weighted by Gasteiger charge is 2.33. The molecule has 0 fully saturated rings. The lowest BCUT2D eigenvalue weighted by Gasteiger charge is -2.00. The molecule has 1 aliphatic heterocycles. The summed E-state index contributed by atoms with van der Waals surface area (Å²) in [6.45, 7) is 0. The molecule has 0 atom stereocenters. The lowest BCUT2D eigenvalue weighted by Crippen LogP contribution is -2.14. The molecule has 8 heteroatoms. The van der Waals surface area contributed by atoms with Crippen LogP contribution in [0.2, 0.25) is 0 Å². The van der Waals surface area contributed by atoms with E-state index >= 15 is 0 Å². The first-order chi connectivity index (χ1) is 7.54. The third kappa shape index (κ3) is 1.43. The van der Waals surface area contributed by atoms with E-state index in [1.807, 2.05) is 0 Å². The van der Waals surface area contributed by atoms with Gasteiger partial charge in [0.25, 0.3) is 11.6 Å². The van der Waals surface area contributed by atoms with E-state index in [4.69, 9.17) is 5.21 Å². The number of benzene rings is 1. The minimum absolute atomic E-state index is 0.0472. The van der Waals surface area contributed by atoms with E-state index in [0.29, 0.717) is 4.47 Å². The number of halogens is 1. The van der Waals surface area contributed by atoms with Crippen molar-refractivity contribution in [2.45, 2.75) is 0 Å². The van der Waals surface area contributed by atoms with E-state index in [0.717, 1.165) is 0 Å². The van der Waals surface area contributed by atoms with E-state index in [2.05, 4.69) is 26.4 Å². The predicted molar refractivity (Wildman–Crippen MR) is 57.7 cm³/mol. The zero-order chi connectivity index (χ0) is 11.9. The standard InChI is InChI=1S/C8H4BrN3O4/c9-3-1-4-6(5(2-3)12(15)16)10-8(13)7(4)11-14/h1-2,14H,(H,10,11,13). The van der Waals surface area contributed by atoms with Gasteiger partial charge in [-0.05, 0) is 6.07 Å². The molecule has 1 aliphatic rings. The molecule has 82 valence electrons. The van der Waals surface area contributed by atoms with Crippen molar-refractivity contribution in [3.63, 3.8) is 0 Å². The Morgan fingerprint density at radius 3 is 2.75 bits per heavy atom. The molecule has 0 saturated heterocycles. The fourth-order valence-corrected chi connectivity index (χ4v) is 1.89. The average Bonchev–Trinajstić information content (AvgIpc) is 2.52. The van der Waals surface area contributed by atoms with Gasteiger partial charge in [0.2, 0.25) is 0 Å². The third-order valence-corrected chi connectivity index (χ3v) is 2.55. The number of hydrogen-bond acceptors (Lipinski definition) is 5. The number of nitro groups is 1. The highest BCUT2D eigenvalue weighted by molar-refractivity contribution is 9.10. The van der Waals surface area contributed by atoms with Gasteiger partial charge in [0, 0.05) is 16.1 Å². The summed E-state index contributed by atoms with van der Waals surface area (Å²) in [6, 6.07) is 2.73. The maximum absolute atomic E-state index is 11.3. The summed E-state index contributed by atoms with van der Waals surface area (Å²) in [4.78, 5) is 21.4. The average molecular weight is 286 g/mol. The zero-order valence-electron chi connectivity index (χ0n) is 7.60. The summed E-state index contributed by atoms with van der Waals surface area (Å²) >= 11 is 3.08. The molecule has 2 rings (SSSR count). The second-order valence-electron chi connectivity index (χ2n) is 3.01. The van der Waals surface area contributed by atoms with Crippen LogP contribution in [0.4, 0.5) is 11.4 Å². The van der Waals surface area contributed by atoms with Crippen molar-refractivity contribution in [3.05, 3.63) is 32.3 Å². The Bertz CT molecular complexity index is 540. The highest BCUT2D eigenvalue weighted by atomic mass is 79.9. The number of hydrogen-bond donors (Lipinski definition) is 2. The number of nitro benzene ring substituents is 1. The smallest absolute Gasteiger partial charge is 0.294 e. The van der Waals surface area contributed by atoms with Crippen LogP contribution >= 0.6 is 15.9 Å². The topological polar surface area (TPSA) is 105 Å². The van der Waals surface area contributed by atoms with E-state index in [1.54, 1.807) is 0 Å². The van der Waals surface area contributed by atoms with E-state index in [1.165, 1.54) is 12.1 Å². The van der Waals surface area contributed by atoms with Crippen LogP contribution < -0.4 is 5.32 Å². The molecule has 1 heterocycles. The molecule has 2 N–H and O–H groups in total. The highest BCUT2D eigenvalue weighted by Crippen LogP contribution is 2.36. The quantitative estimate of drug-likeness (QED) is 0.463. The van der Waals surface area contributed by atoms with Gasteiger partial charge in [-0.15, -0.1) is 0 Å². The van der Waals surface area contributed by atoms with Gasteiger partial charge in [0.1, 0.15) is 5.69 Å². The van der Waals surface area contributed by atoms with Crippen molar-refractivity contribution in [2.24, 2.45) is 5.16 Å². The number of oxime groups is 1. The van der Waals surface area contributed by atoms with Crippen molar-refractivity contribution in [2.75, 3.05) is 5.32 Å². The number of carbonyl (C=O) groups excluding carboxylic acids is 1. The van der Waals surface area contributed by atoms with E-state index in [9.17, 15) is 14.9 Å². The van der Waals surface area contributed by atoms with Gasteiger partial charge in [-0.2, -0.15) is 0 Å². The fourth-order valence-electron chi connectivity index (χ4n) is 1.45. The summed E-state index contributed by atoms with van der Waals surface area (Å²) < 4.78 is 0.426. The molecule has 0 bridgehead atoms. The van der Waals surface area contributed by atoms with Crippen LogP contribution in [0.25, 0.3) is 0 Å². The minimum atomic E-state index is -0.668. The Morgan fingerprint density at radius 1 is 1.50 bits per heavy atom. The maximum Gasteiger partial charge on any atom is 0.294 e. The molecular weight excluding hydrogens is 282 g/mol. The summed E-state index contributed by atoms with van der Waals surface area (Å²) in [5, 5.41) is 24.5. The van der Waals surface area contributed by atoms with Crippen molar-refractivity contribution in [1.82, 2.24) is 0 Å². The second kappa shape index (κ2) is 3.56.